The Morgan fingerprint density at radius 3 is 2.39 bits per heavy atom. The molecule has 1 heteroatoms. The lowest BCUT2D eigenvalue weighted by Crippen LogP contribution is -2.26. The summed E-state index contributed by atoms with van der Waals surface area (Å²) in [4.78, 5) is 0. The summed E-state index contributed by atoms with van der Waals surface area (Å²) in [6, 6.07) is 15.8. The lowest BCUT2D eigenvalue weighted by atomic mass is 9.71. The SMILES string of the molecule is CC1/C=C\C=C/Cc2ccc(-c3ccc(I)cc3)cc2C1(C)C. The first kappa shape index (κ1) is 16.5. The third-order valence-corrected chi connectivity index (χ3v) is 5.82. The molecular weight excluding hydrogens is 391 g/mol. The Kier molecular flexibility index (Phi) is 4.77. The Bertz CT molecular complexity index is 748. The van der Waals surface area contributed by atoms with Gasteiger partial charge in [0.15, 0.2) is 0 Å². The van der Waals surface area contributed by atoms with Crippen molar-refractivity contribution in [2.45, 2.75) is 32.6 Å². The van der Waals surface area contributed by atoms with Gasteiger partial charge in [0.2, 0.25) is 0 Å². The van der Waals surface area contributed by atoms with Gasteiger partial charge in [-0.25, -0.2) is 0 Å². The van der Waals surface area contributed by atoms with Crippen molar-refractivity contribution >= 4 is 22.6 Å². The highest BCUT2D eigenvalue weighted by molar-refractivity contribution is 14.1. The number of hydrogen-bond donors (Lipinski definition) is 0. The van der Waals surface area contributed by atoms with Crippen molar-refractivity contribution < 1.29 is 0 Å². The maximum atomic E-state index is 2.40. The summed E-state index contributed by atoms with van der Waals surface area (Å²) in [7, 11) is 0. The molecule has 23 heavy (non-hydrogen) atoms. The van der Waals surface area contributed by atoms with Crippen LogP contribution in [0.5, 0.6) is 0 Å². The average Bonchev–Trinajstić information content (AvgIpc) is 2.59. The zero-order valence-electron chi connectivity index (χ0n) is 14.0. The molecule has 0 amide bonds. The molecule has 118 valence electrons. The summed E-state index contributed by atoms with van der Waals surface area (Å²) >= 11 is 2.36. The average molecular weight is 414 g/mol. The van der Waals surface area contributed by atoms with Gasteiger partial charge in [-0.2, -0.15) is 0 Å². The maximum absolute atomic E-state index is 2.40. The van der Waals surface area contributed by atoms with Crippen molar-refractivity contribution in [2.24, 2.45) is 5.92 Å². The number of rotatable bonds is 1. The summed E-state index contributed by atoms with van der Waals surface area (Å²) in [5.41, 5.74) is 5.64. The molecule has 2 aromatic rings. The zero-order chi connectivity index (χ0) is 16.4. The lowest BCUT2D eigenvalue weighted by Gasteiger charge is -2.33. The first-order valence-corrected chi connectivity index (χ1v) is 9.29. The second-order valence-electron chi connectivity index (χ2n) is 6.91. The minimum absolute atomic E-state index is 0.122. The van der Waals surface area contributed by atoms with E-state index >= 15 is 0 Å². The second-order valence-corrected chi connectivity index (χ2v) is 8.15. The van der Waals surface area contributed by atoms with Gasteiger partial charge in [0.1, 0.15) is 0 Å². The van der Waals surface area contributed by atoms with Gasteiger partial charge in [0, 0.05) is 3.57 Å². The van der Waals surface area contributed by atoms with E-state index in [1.807, 2.05) is 0 Å². The lowest BCUT2D eigenvalue weighted by molar-refractivity contribution is 0.407. The predicted molar refractivity (Wildman–Crippen MR) is 109 cm³/mol. The Hall–Kier alpha value is -1.35. The first-order valence-electron chi connectivity index (χ1n) is 8.21. The Morgan fingerprint density at radius 2 is 1.65 bits per heavy atom. The minimum atomic E-state index is 0.122. The molecule has 0 bridgehead atoms. The highest BCUT2D eigenvalue weighted by Gasteiger charge is 2.29. The van der Waals surface area contributed by atoms with Crippen LogP contribution in [0.1, 0.15) is 31.9 Å². The smallest absolute Gasteiger partial charge is 0.0130 e. The number of fused-ring (bicyclic) bond motifs is 1. The van der Waals surface area contributed by atoms with Gasteiger partial charge in [-0.3, -0.25) is 0 Å². The maximum Gasteiger partial charge on any atom is 0.0130 e. The topological polar surface area (TPSA) is 0 Å². The van der Waals surface area contributed by atoms with Crippen LogP contribution >= 0.6 is 22.6 Å². The summed E-state index contributed by atoms with van der Waals surface area (Å²) in [5.74, 6) is 0.496. The zero-order valence-corrected chi connectivity index (χ0v) is 16.2. The molecule has 0 saturated heterocycles. The molecule has 0 N–H and O–H groups in total. The minimum Gasteiger partial charge on any atom is -0.0808 e. The quantitative estimate of drug-likeness (QED) is 0.465. The van der Waals surface area contributed by atoms with E-state index in [0.717, 1.165) is 6.42 Å². The van der Waals surface area contributed by atoms with E-state index in [2.05, 4.69) is 110 Å². The van der Waals surface area contributed by atoms with Gasteiger partial charge in [-0.1, -0.05) is 75.4 Å². The van der Waals surface area contributed by atoms with Crippen LogP contribution < -0.4 is 0 Å². The summed E-state index contributed by atoms with van der Waals surface area (Å²) < 4.78 is 1.28. The first-order chi connectivity index (χ1) is 11.0. The highest BCUT2D eigenvalue weighted by atomic mass is 127. The fourth-order valence-electron chi connectivity index (χ4n) is 3.17. The van der Waals surface area contributed by atoms with E-state index in [4.69, 9.17) is 0 Å². The second kappa shape index (κ2) is 6.64. The van der Waals surface area contributed by atoms with Gasteiger partial charge in [-0.15, -0.1) is 0 Å². The molecule has 3 rings (SSSR count). The van der Waals surface area contributed by atoms with Crippen LogP contribution in [-0.2, 0) is 11.8 Å². The third-order valence-electron chi connectivity index (χ3n) is 5.10. The van der Waals surface area contributed by atoms with Gasteiger partial charge in [0.25, 0.3) is 0 Å². The number of benzene rings is 2. The summed E-state index contributed by atoms with van der Waals surface area (Å²) in [6.45, 7) is 7.05. The van der Waals surface area contributed by atoms with Crippen LogP contribution in [0.15, 0.2) is 66.8 Å². The Labute approximate surface area is 153 Å². The summed E-state index contributed by atoms with van der Waals surface area (Å²) in [5, 5.41) is 0. The Balaban J connectivity index is 2.12. The molecule has 0 nitrogen and oxygen atoms in total. The van der Waals surface area contributed by atoms with Crippen molar-refractivity contribution in [3.05, 3.63) is 81.5 Å². The molecular formula is C22H23I. The third kappa shape index (κ3) is 3.45. The van der Waals surface area contributed by atoms with Crippen LogP contribution in [0.4, 0.5) is 0 Å². The normalized spacial score (nSPS) is 22.3. The van der Waals surface area contributed by atoms with Gasteiger partial charge >= 0.3 is 0 Å². The highest BCUT2D eigenvalue weighted by Crippen LogP contribution is 2.38. The summed E-state index contributed by atoms with van der Waals surface area (Å²) in [6.07, 6.45) is 9.95. The van der Waals surface area contributed by atoms with Crippen molar-refractivity contribution in [3.63, 3.8) is 0 Å². The van der Waals surface area contributed by atoms with Crippen LogP contribution in [0, 0.1) is 9.49 Å². The fraction of sp³-hybridized carbons (Fsp3) is 0.273. The van der Waals surface area contributed by atoms with Gasteiger partial charge in [-0.05, 0) is 74.7 Å². The molecule has 0 heterocycles. The van der Waals surface area contributed by atoms with Crippen molar-refractivity contribution in [1.29, 1.82) is 0 Å². The number of halogens is 1. The monoisotopic (exact) mass is 414 g/mol. The largest absolute Gasteiger partial charge is 0.0808 e. The van der Waals surface area contributed by atoms with E-state index in [0.29, 0.717) is 5.92 Å². The molecule has 0 spiro atoms. The number of allylic oxidation sites excluding steroid dienone is 4. The van der Waals surface area contributed by atoms with Crippen LogP contribution in [-0.4, -0.2) is 0 Å². The van der Waals surface area contributed by atoms with Crippen LogP contribution in [0.2, 0.25) is 0 Å². The molecule has 0 fully saturated rings. The molecule has 1 aliphatic carbocycles. The van der Waals surface area contributed by atoms with Gasteiger partial charge in [0.05, 0.1) is 0 Å². The predicted octanol–water partition coefficient (Wildman–Crippen LogP) is 6.54. The molecule has 0 aromatic heterocycles. The van der Waals surface area contributed by atoms with Crippen LogP contribution in [0.25, 0.3) is 11.1 Å². The standard InChI is InChI=1S/C22H23I/c1-16-7-5-4-6-8-18-9-10-19(15-21(18)22(16,2)3)17-11-13-20(23)14-12-17/h4-7,9-16H,8H2,1-3H3/b6-4-,7-5-. The Morgan fingerprint density at radius 1 is 0.957 bits per heavy atom. The molecule has 1 atom stereocenters. The molecule has 0 radical (unpaired) electrons. The fourth-order valence-corrected chi connectivity index (χ4v) is 3.53. The molecule has 0 aliphatic heterocycles. The van der Waals surface area contributed by atoms with Crippen LogP contribution in [0.3, 0.4) is 0 Å². The molecule has 0 saturated carbocycles. The molecule has 1 aliphatic rings. The van der Waals surface area contributed by atoms with Crippen molar-refractivity contribution in [3.8, 4) is 11.1 Å². The molecule has 1 unspecified atom stereocenters. The van der Waals surface area contributed by atoms with E-state index in [1.165, 1.54) is 25.8 Å². The van der Waals surface area contributed by atoms with E-state index < -0.39 is 0 Å². The van der Waals surface area contributed by atoms with Gasteiger partial charge < -0.3 is 0 Å². The van der Waals surface area contributed by atoms with Crippen molar-refractivity contribution in [2.75, 3.05) is 0 Å². The molecule has 2 aromatic carbocycles. The van der Waals surface area contributed by atoms with E-state index in [9.17, 15) is 0 Å². The van der Waals surface area contributed by atoms with Crippen molar-refractivity contribution in [1.82, 2.24) is 0 Å². The number of hydrogen-bond acceptors (Lipinski definition) is 0. The van der Waals surface area contributed by atoms with E-state index in [1.54, 1.807) is 0 Å². The van der Waals surface area contributed by atoms with E-state index in [-0.39, 0.29) is 5.41 Å².